The van der Waals surface area contributed by atoms with Crippen molar-refractivity contribution in [2.75, 3.05) is 42.3 Å². The third-order valence-corrected chi connectivity index (χ3v) is 8.61. The van der Waals surface area contributed by atoms with Crippen molar-refractivity contribution in [3.05, 3.63) is 64.7 Å². The number of pyridine rings is 2. The molecule has 4 heterocycles. The van der Waals surface area contributed by atoms with E-state index in [-0.39, 0.29) is 30.3 Å². The number of rotatable bonds is 4. The van der Waals surface area contributed by atoms with Gasteiger partial charge in [-0.15, -0.1) is 0 Å². The molecule has 2 N–H and O–H groups in total. The van der Waals surface area contributed by atoms with Crippen molar-refractivity contribution in [3.8, 4) is 17.0 Å². The van der Waals surface area contributed by atoms with Crippen LogP contribution in [0.15, 0.2) is 36.7 Å². The molecule has 0 saturated carbocycles. The molecule has 0 atom stereocenters. The molecule has 264 valence electrons. The van der Waals surface area contributed by atoms with Crippen LogP contribution in [0.1, 0.15) is 63.8 Å². The molecule has 2 aliphatic heterocycles. The van der Waals surface area contributed by atoms with Crippen molar-refractivity contribution < 1.29 is 28.2 Å². The molecular weight excluding hydrogens is 639 g/mol. The van der Waals surface area contributed by atoms with E-state index in [4.69, 9.17) is 14.2 Å². The lowest BCUT2D eigenvalue weighted by Crippen LogP contribution is -2.42. The SMILES string of the molecule is Cc1cc(Nc2cc3cc(-c4cnc5c(c4C)N(C(=O)OC(C)(C)C)CCO5)c(F)c(NC(=O)OC(C)(C)C)c3cn2)cc2c1CCN(C)C2. The smallest absolute Gasteiger partial charge is 0.415 e. The Kier molecular flexibility index (Phi) is 9.10. The summed E-state index contributed by atoms with van der Waals surface area (Å²) in [6.45, 7) is 16.8. The van der Waals surface area contributed by atoms with Crippen LogP contribution >= 0.6 is 0 Å². The predicted octanol–water partition coefficient (Wildman–Crippen LogP) is 8.27. The van der Waals surface area contributed by atoms with Gasteiger partial charge in [-0.1, -0.05) is 0 Å². The molecule has 12 heteroatoms. The van der Waals surface area contributed by atoms with Crippen LogP contribution in [-0.4, -0.2) is 65.0 Å². The molecule has 0 fully saturated rings. The summed E-state index contributed by atoms with van der Waals surface area (Å²) < 4.78 is 33.7. The first kappa shape index (κ1) is 34.9. The van der Waals surface area contributed by atoms with Crippen molar-refractivity contribution in [2.24, 2.45) is 0 Å². The van der Waals surface area contributed by atoms with Gasteiger partial charge in [0.15, 0.2) is 5.82 Å². The van der Waals surface area contributed by atoms with Gasteiger partial charge in [0.1, 0.15) is 29.3 Å². The highest BCUT2D eigenvalue weighted by Crippen LogP contribution is 2.43. The number of fused-ring (bicyclic) bond motifs is 3. The quantitative estimate of drug-likeness (QED) is 0.219. The molecule has 0 unspecified atom stereocenters. The molecule has 11 nitrogen and oxygen atoms in total. The standard InChI is InChI=1S/C38H45FN6O5/c1-21-14-25(15-24-20-44(9)11-10-26(21)24)42-30-17-23-16-27(31(39)32(29(23)19-40-30)43-35(46)49-37(3,4)5)28-18-41-34-33(22(28)2)45(12-13-48-34)36(47)50-38(6,7)8/h14-19H,10-13,20H2,1-9H3,(H,40,42)(H,43,46). The first-order valence-corrected chi connectivity index (χ1v) is 16.8. The highest BCUT2D eigenvalue weighted by Gasteiger charge is 2.32. The second-order valence-electron chi connectivity index (χ2n) is 15.0. The second-order valence-corrected chi connectivity index (χ2v) is 15.0. The molecule has 0 radical (unpaired) electrons. The molecule has 0 aliphatic carbocycles. The van der Waals surface area contributed by atoms with Crippen molar-refractivity contribution in [1.29, 1.82) is 0 Å². The van der Waals surface area contributed by atoms with Crippen LogP contribution in [-0.2, 0) is 22.4 Å². The Bertz CT molecular complexity index is 2000. The van der Waals surface area contributed by atoms with E-state index in [1.165, 1.54) is 34.0 Å². The maximum atomic E-state index is 16.8. The molecular formula is C38H45FN6O5. The lowest BCUT2D eigenvalue weighted by atomic mass is 9.94. The number of halogens is 1. The lowest BCUT2D eigenvalue weighted by Gasteiger charge is -2.32. The molecule has 2 aliphatic rings. The molecule has 2 amide bonds. The van der Waals surface area contributed by atoms with E-state index in [0.29, 0.717) is 33.4 Å². The summed E-state index contributed by atoms with van der Waals surface area (Å²) in [4.78, 5) is 39.2. The number of anilines is 4. The minimum Gasteiger partial charge on any atom is -0.474 e. The fourth-order valence-corrected chi connectivity index (χ4v) is 6.45. The fraction of sp³-hybridized carbons (Fsp3) is 0.421. The van der Waals surface area contributed by atoms with Gasteiger partial charge in [0.2, 0.25) is 5.88 Å². The van der Waals surface area contributed by atoms with E-state index in [9.17, 15) is 9.59 Å². The van der Waals surface area contributed by atoms with Crippen molar-refractivity contribution in [3.63, 3.8) is 0 Å². The van der Waals surface area contributed by atoms with Crippen LogP contribution in [0.4, 0.5) is 36.9 Å². The van der Waals surface area contributed by atoms with Crippen molar-refractivity contribution in [2.45, 2.75) is 79.6 Å². The van der Waals surface area contributed by atoms with Gasteiger partial charge in [-0.05, 0) is 121 Å². The number of aromatic nitrogens is 2. The Balaban J connectivity index is 1.46. The normalized spacial score (nSPS) is 14.8. The molecule has 0 saturated heterocycles. The minimum atomic E-state index is -0.810. The summed E-state index contributed by atoms with van der Waals surface area (Å²) in [6, 6.07) is 7.78. The molecule has 2 aromatic heterocycles. The average Bonchev–Trinajstić information content (AvgIpc) is 3.00. The number of aryl methyl sites for hydroxylation is 1. The zero-order chi connectivity index (χ0) is 36.1. The molecule has 0 bridgehead atoms. The Morgan fingerprint density at radius 1 is 0.940 bits per heavy atom. The number of benzene rings is 2. The van der Waals surface area contributed by atoms with E-state index < -0.39 is 29.2 Å². The first-order chi connectivity index (χ1) is 23.5. The molecule has 2 aromatic carbocycles. The van der Waals surface area contributed by atoms with Crippen LogP contribution in [0.3, 0.4) is 0 Å². The highest BCUT2D eigenvalue weighted by atomic mass is 19.1. The molecule has 50 heavy (non-hydrogen) atoms. The second kappa shape index (κ2) is 13.1. The first-order valence-electron chi connectivity index (χ1n) is 16.8. The van der Waals surface area contributed by atoms with E-state index >= 15 is 4.39 Å². The average molecular weight is 685 g/mol. The van der Waals surface area contributed by atoms with Gasteiger partial charge < -0.3 is 24.4 Å². The molecule has 4 aromatic rings. The van der Waals surface area contributed by atoms with E-state index in [2.05, 4.69) is 51.6 Å². The maximum absolute atomic E-state index is 16.8. The number of amides is 2. The van der Waals surface area contributed by atoms with Gasteiger partial charge in [-0.3, -0.25) is 10.2 Å². The highest BCUT2D eigenvalue weighted by molar-refractivity contribution is 6.04. The van der Waals surface area contributed by atoms with Crippen LogP contribution in [0.2, 0.25) is 0 Å². The Labute approximate surface area is 292 Å². The summed E-state index contributed by atoms with van der Waals surface area (Å²) >= 11 is 0. The summed E-state index contributed by atoms with van der Waals surface area (Å²) in [5.74, 6) is 0.0937. The third kappa shape index (κ3) is 7.30. The summed E-state index contributed by atoms with van der Waals surface area (Å²) in [6.07, 6.45) is 2.69. The number of carbonyl (C=O) groups excluding carboxylic acids is 2. The molecule has 0 spiro atoms. The third-order valence-electron chi connectivity index (χ3n) is 8.61. The monoisotopic (exact) mass is 684 g/mol. The number of nitrogens with one attached hydrogen (secondary N) is 2. The van der Waals surface area contributed by atoms with Crippen molar-refractivity contribution in [1.82, 2.24) is 14.9 Å². The Hall–Kier alpha value is -4.97. The lowest BCUT2D eigenvalue weighted by molar-refractivity contribution is 0.0565. The van der Waals surface area contributed by atoms with Crippen LogP contribution in [0, 0.1) is 19.7 Å². The summed E-state index contributed by atoms with van der Waals surface area (Å²) in [5, 5.41) is 7.06. The van der Waals surface area contributed by atoms with Gasteiger partial charge in [-0.25, -0.2) is 23.9 Å². The minimum absolute atomic E-state index is 0.0872. The molecule has 6 rings (SSSR count). The van der Waals surface area contributed by atoms with Gasteiger partial charge in [0.25, 0.3) is 0 Å². The van der Waals surface area contributed by atoms with Crippen molar-refractivity contribution >= 4 is 45.8 Å². The summed E-state index contributed by atoms with van der Waals surface area (Å²) in [5.41, 5.74) is 4.67. The van der Waals surface area contributed by atoms with E-state index in [1.54, 1.807) is 54.5 Å². The van der Waals surface area contributed by atoms with Gasteiger partial charge >= 0.3 is 12.2 Å². The van der Waals surface area contributed by atoms with E-state index in [1.807, 2.05) is 6.07 Å². The Morgan fingerprint density at radius 3 is 2.40 bits per heavy atom. The van der Waals surface area contributed by atoms with E-state index in [0.717, 1.165) is 25.2 Å². The van der Waals surface area contributed by atoms with Gasteiger partial charge in [-0.2, -0.15) is 0 Å². The summed E-state index contributed by atoms with van der Waals surface area (Å²) in [7, 11) is 2.12. The number of hydrogen-bond donors (Lipinski definition) is 2. The maximum Gasteiger partial charge on any atom is 0.415 e. The number of hydrogen-bond acceptors (Lipinski definition) is 9. The number of carbonyl (C=O) groups is 2. The van der Waals surface area contributed by atoms with Crippen LogP contribution < -0.4 is 20.3 Å². The zero-order valence-corrected chi connectivity index (χ0v) is 30.2. The van der Waals surface area contributed by atoms with Crippen LogP contribution in [0.25, 0.3) is 21.9 Å². The Morgan fingerprint density at radius 2 is 1.68 bits per heavy atom. The van der Waals surface area contributed by atoms with Gasteiger partial charge in [0, 0.05) is 47.7 Å². The largest absolute Gasteiger partial charge is 0.474 e. The number of nitrogens with zero attached hydrogens (tertiary/aromatic N) is 4. The number of likely N-dealkylation sites (N-methyl/N-ethyl adjacent to an activating group) is 1. The fourth-order valence-electron chi connectivity index (χ4n) is 6.45. The zero-order valence-electron chi connectivity index (χ0n) is 30.2. The topological polar surface area (TPSA) is 118 Å². The predicted molar refractivity (Wildman–Crippen MR) is 193 cm³/mol. The number of ether oxygens (including phenoxy) is 3. The van der Waals surface area contributed by atoms with Crippen LogP contribution in [0.5, 0.6) is 5.88 Å². The van der Waals surface area contributed by atoms with Gasteiger partial charge in [0.05, 0.1) is 12.2 Å².